The number of sulfonamides is 1. The first kappa shape index (κ1) is 21.5. The van der Waals surface area contributed by atoms with Crippen LogP contribution in [0.5, 0.6) is 0 Å². The zero-order chi connectivity index (χ0) is 21.7. The molecule has 0 fully saturated rings. The van der Waals surface area contributed by atoms with Crippen molar-refractivity contribution in [2.45, 2.75) is 25.0 Å². The topological polar surface area (TPSA) is 138 Å². The minimum atomic E-state index is -3.81. The molecule has 1 amide bonds. The van der Waals surface area contributed by atoms with Crippen molar-refractivity contribution < 1.29 is 13.2 Å². The standard InChI is InChI=1S/C18H21N7O3S2/c1-4-19-15-9-16(22-11(2)21-15)24-13-5-7-14(8-6-13)25-30(27,28)17-10-20-18(29-17)23-12(3)26/h5-10,25H,4H2,1-3H3,(H,20,23,26)(H2,19,21,22,24). The van der Waals surface area contributed by atoms with Crippen LogP contribution in [0.15, 0.2) is 40.7 Å². The van der Waals surface area contributed by atoms with Gasteiger partial charge in [-0.2, -0.15) is 0 Å². The van der Waals surface area contributed by atoms with Crippen molar-refractivity contribution >= 4 is 55.4 Å². The maximum absolute atomic E-state index is 12.5. The molecule has 0 aliphatic rings. The van der Waals surface area contributed by atoms with E-state index in [1.54, 1.807) is 37.3 Å². The van der Waals surface area contributed by atoms with Gasteiger partial charge in [-0.3, -0.25) is 9.52 Å². The zero-order valence-corrected chi connectivity index (χ0v) is 18.2. The fourth-order valence-corrected chi connectivity index (χ4v) is 4.61. The maximum Gasteiger partial charge on any atom is 0.273 e. The zero-order valence-electron chi connectivity index (χ0n) is 16.6. The third-order valence-electron chi connectivity index (χ3n) is 3.64. The van der Waals surface area contributed by atoms with Crippen molar-refractivity contribution in [3.63, 3.8) is 0 Å². The molecule has 4 N–H and O–H groups in total. The normalized spacial score (nSPS) is 11.0. The maximum atomic E-state index is 12.5. The van der Waals surface area contributed by atoms with Gasteiger partial charge in [0.05, 0.1) is 6.20 Å². The summed E-state index contributed by atoms with van der Waals surface area (Å²) < 4.78 is 27.5. The molecule has 2 aromatic heterocycles. The second-order valence-electron chi connectivity index (χ2n) is 6.19. The SMILES string of the molecule is CCNc1cc(Nc2ccc(NS(=O)(=O)c3cnc(NC(C)=O)s3)cc2)nc(C)n1. The lowest BCUT2D eigenvalue weighted by molar-refractivity contribution is -0.114. The van der Waals surface area contributed by atoms with E-state index in [2.05, 4.69) is 35.6 Å². The van der Waals surface area contributed by atoms with Gasteiger partial charge in [0, 0.05) is 30.9 Å². The van der Waals surface area contributed by atoms with Crippen LogP contribution in [0.1, 0.15) is 19.7 Å². The molecular formula is C18H21N7O3S2. The number of hydrogen-bond acceptors (Lipinski definition) is 9. The van der Waals surface area contributed by atoms with Crippen LogP contribution in [-0.2, 0) is 14.8 Å². The van der Waals surface area contributed by atoms with Crippen molar-refractivity contribution in [1.82, 2.24) is 15.0 Å². The fraction of sp³-hybridized carbons (Fsp3) is 0.222. The van der Waals surface area contributed by atoms with Gasteiger partial charge in [0.1, 0.15) is 17.5 Å². The summed E-state index contributed by atoms with van der Waals surface area (Å²) in [6, 6.07) is 8.53. The number of benzene rings is 1. The van der Waals surface area contributed by atoms with Gasteiger partial charge in [0.2, 0.25) is 5.91 Å². The highest BCUT2D eigenvalue weighted by Crippen LogP contribution is 2.26. The van der Waals surface area contributed by atoms with E-state index in [4.69, 9.17) is 0 Å². The number of amides is 1. The number of thiazole rings is 1. The summed E-state index contributed by atoms with van der Waals surface area (Å²) in [5, 5.41) is 8.99. The van der Waals surface area contributed by atoms with Gasteiger partial charge < -0.3 is 16.0 Å². The van der Waals surface area contributed by atoms with Crippen LogP contribution in [0.3, 0.4) is 0 Å². The van der Waals surface area contributed by atoms with Crippen LogP contribution in [0.25, 0.3) is 0 Å². The van der Waals surface area contributed by atoms with E-state index in [0.717, 1.165) is 29.4 Å². The van der Waals surface area contributed by atoms with Gasteiger partial charge in [-0.15, -0.1) is 0 Å². The Morgan fingerprint density at radius 2 is 1.77 bits per heavy atom. The highest BCUT2D eigenvalue weighted by molar-refractivity contribution is 7.94. The lowest BCUT2D eigenvalue weighted by Crippen LogP contribution is -2.11. The minimum Gasteiger partial charge on any atom is -0.370 e. The summed E-state index contributed by atoms with van der Waals surface area (Å²) >= 11 is 0.873. The van der Waals surface area contributed by atoms with Crippen LogP contribution >= 0.6 is 11.3 Å². The third-order valence-corrected chi connectivity index (χ3v) is 6.39. The summed E-state index contributed by atoms with van der Waals surface area (Å²) in [6.45, 7) is 5.86. The number of carbonyl (C=O) groups is 1. The van der Waals surface area contributed by atoms with E-state index in [0.29, 0.717) is 17.3 Å². The highest BCUT2D eigenvalue weighted by atomic mass is 32.2. The number of aryl methyl sites for hydroxylation is 1. The summed E-state index contributed by atoms with van der Waals surface area (Å²) in [5.74, 6) is 1.66. The molecule has 0 spiro atoms. The van der Waals surface area contributed by atoms with Crippen LogP contribution in [0, 0.1) is 6.92 Å². The first-order valence-electron chi connectivity index (χ1n) is 8.98. The Hall–Kier alpha value is -3.25. The van der Waals surface area contributed by atoms with Gasteiger partial charge >= 0.3 is 0 Å². The monoisotopic (exact) mass is 447 g/mol. The third kappa shape index (κ3) is 5.64. The molecular weight excluding hydrogens is 426 g/mol. The first-order chi connectivity index (χ1) is 14.2. The average Bonchev–Trinajstić information content (AvgIpc) is 3.12. The molecule has 0 saturated heterocycles. The van der Waals surface area contributed by atoms with Crippen molar-refractivity contribution in [3.05, 3.63) is 42.4 Å². The van der Waals surface area contributed by atoms with Crippen molar-refractivity contribution in [1.29, 1.82) is 0 Å². The second-order valence-corrected chi connectivity index (χ2v) is 9.13. The Bertz CT molecular complexity index is 1140. The number of nitrogens with one attached hydrogen (secondary N) is 4. The Kier molecular flexibility index (Phi) is 6.47. The number of rotatable bonds is 8. The van der Waals surface area contributed by atoms with E-state index in [1.165, 1.54) is 13.1 Å². The Morgan fingerprint density at radius 3 is 2.43 bits per heavy atom. The van der Waals surface area contributed by atoms with Gasteiger partial charge in [-0.05, 0) is 38.1 Å². The number of carbonyl (C=O) groups excluding carboxylic acids is 1. The molecule has 0 unspecified atom stereocenters. The Morgan fingerprint density at radius 1 is 1.10 bits per heavy atom. The molecule has 3 aromatic rings. The van der Waals surface area contributed by atoms with Gasteiger partial charge in [-0.1, -0.05) is 11.3 Å². The average molecular weight is 448 g/mol. The lowest BCUT2D eigenvalue weighted by Gasteiger charge is -2.10. The van der Waals surface area contributed by atoms with Crippen molar-refractivity contribution in [2.24, 2.45) is 0 Å². The first-order valence-corrected chi connectivity index (χ1v) is 11.3. The van der Waals surface area contributed by atoms with Crippen LogP contribution in [0.4, 0.5) is 28.1 Å². The molecule has 0 atom stereocenters. The fourth-order valence-electron chi connectivity index (χ4n) is 2.47. The summed E-state index contributed by atoms with van der Waals surface area (Å²) in [6.07, 6.45) is 1.20. The molecule has 0 aliphatic heterocycles. The van der Waals surface area contributed by atoms with Crippen LogP contribution < -0.4 is 20.7 Å². The predicted octanol–water partition coefficient (Wildman–Crippen LogP) is 3.18. The molecule has 12 heteroatoms. The van der Waals surface area contributed by atoms with E-state index < -0.39 is 10.0 Å². The number of nitrogens with zero attached hydrogens (tertiary/aromatic N) is 3. The Balaban J connectivity index is 1.70. The molecule has 0 saturated carbocycles. The van der Waals surface area contributed by atoms with Crippen molar-refractivity contribution in [3.8, 4) is 0 Å². The number of aromatic nitrogens is 3. The molecule has 158 valence electrons. The van der Waals surface area contributed by atoms with E-state index >= 15 is 0 Å². The molecule has 3 rings (SSSR count). The van der Waals surface area contributed by atoms with Crippen LogP contribution in [0.2, 0.25) is 0 Å². The molecule has 30 heavy (non-hydrogen) atoms. The van der Waals surface area contributed by atoms with E-state index in [1.807, 2.05) is 6.92 Å². The number of hydrogen-bond donors (Lipinski definition) is 4. The van der Waals surface area contributed by atoms with E-state index in [9.17, 15) is 13.2 Å². The lowest BCUT2D eigenvalue weighted by atomic mass is 10.3. The predicted molar refractivity (Wildman–Crippen MR) is 118 cm³/mol. The summed E-state index contributed by atoms with van der Waals surface area (Å²) in [4.78, 5) is 23.6. The Labute approximate surface area is 178 Å². The smallest absolute Gasteiger partial charge is 0.273 e. The summed E-state index contributed by atoms with van der Waals surface area (Å²) in [5.41, 5.74) is 1.13. The van der Waals surface area contributed by atoms with Gasteiger partial charge in [-0.25, -0.2) is 23.4 Å². The minimum absolute atomic E-state index is 0.000802. The van der Waals surface area contributed by atoms with E-state index in [-0.39, 0.29) is 15.2 Å². The van der Waals surface area contributed by atoms with Gasteiger partial charge in [0.15, 0.2) is 9.34 Å². The molecule has 1 aromatic carbocycles. The molecule has 0 radical (unpaired) electrons. The highest BCUT2D eigenvalue weighted by Gasteiger charge is 2.18. The van der Waals surface area contributed by atoms with Gasteiger partial charge in [0.25, 0.3) is 10.0 Å². The molecule has 0 aliphatic carbocycles. The summed E-state index contributed by atoms with van der Waals surface area (Å²) in [7, 11) is -3.81. The van der Waals surface area contributed by atoms with Crippen molar-refractivity contribution in [2.75, 3.05) is 27.2 Å². The molecule has 10 nitrogen and oxygen atoms in total. The quantitative estimate of drug-likeness (QED) is 0.413. The number of anilines is 5. The largest absolute Gasteiger partial charge is 0.370 e. The molecule has 0 bridgehead atoms. The van der Waals surface area contributed by atoms with Crippen LogP contribution in [-0.4, -0.2) is 35.8 Å². The second kappa shape index (κ2) is 9.05. The molecule has 2 heterocycles.